The lowest BCUT2D eigenvalue weighted by Crippen LogP contribution is -2.29. The zero-order valence-electron chi connectivity index (χ0n) is 14.9. The fourth-order valence-electron chi connectivity index (χ4n) is 2.42. The maximum absolute atomic E-state index is 11.9. The van der Waals surface area contributed by atoms with Crippen molar-refractivity contribution >= 4 is 11.9 Å². The third-order valence-electron chi connectivity index (χ3n) is 3.68. The van der Waals surface area contributed by atoms with Gasteiger partial charge in [-0.1, -0.05) is 35.5 Å². The van der Waals surface area contributed by atoms with E-state index in [2.05, 4.69) is 30.7 Å². The number of H-pyrrole nitrogens is 1. The molecule has 9 nitrogen and oxygen atoms in total. The van der Waals surface area contributed by atoms with Gasteiger partial charge in [-0.3, -0.25) is 14.6 Å². The molecular weight excluding hydrogens is 348 g/mol. The number of carbonyl (C=O) groups is 1. The molecule has 2 aromatic heterocycles. The molecule has 1 amide bonds. The average molecular weight is 368 g/mol. The molecule has 0 aliphatic rings. The van der Waals surface area contributed by atoms with Crippen LogP contribution in [0.25, 0.3) is 11.4 Å². The van der Waals surface area contributed by atoms with Crippen molar-refractivity contribution in [3.63, 3.8) is 0 Å². The second-order valence-corrected chi connectivity index (χ2v) is 5.89. The van der Waals surface area contributed by atoms with E-state index in [1.165, 1.54) is 6.07 Å². The van der Waals surface area contributed by atoms with E-state index in [1.54, 1.807) is 6.92 Å². The lowest BCUT2D eigenvalue weighted by Gasteiger charge is -2.07. The van der Waals surface area contributed by atoms with Crippen LogP contribution in [-0.4, -0.2) is 39.1 Å². The Hall–Kier alpha value is -3.49. The molecule has 0 spiro atoms. The molecule has 0 saturated heterocycles. The molecular formula is C18H20N6O3. The molecule has 1 aromatic carbocycles. The molecule has 0 aliphatic heterocycles. The van der Waals surface area contributed by atoms with Gasteiger partial charge in [0.15, 0.2) is 0 Å². The summed E-state index contributed by atoms with van der Waals surface area (Å²) in [6, 6.07) is 10.9. The molecule has 0 aliphatic carbocycles. The van der Waals surface area contributed by atoms with Crippen LogP contribution < -0.4 is 16.2 Å². The third-order valence-corrected chi connectivity index (χ3v) is 3.68. The van der Waals surface area contributed by atoms with Gasteiger partial charge in [-0.25, -0.2) is 4.98 Å². The van der Waals surface area contributed by atoms with E-state index in [4.69, 9.17) is 4.52 Å². The Morgan fingerprint density at radius 2 is 2.00 bits per heavy atom. The van der Waals surface area contributed by atoms with Gasteiger partial charge in [0.25, 0.3) is 5.56 Å². The van der Waals surface area contributed by atoms with Crippen molar-refractivity contribution in [2.75, 3.05) is 18.4 Å². The second kappa shape index (κ2) is 8.75. The van der Waals surface area contributed by atoms with Crippen molar-refractivity contribution in [2.24, 2.45) is 0 Å². The number of aromatic nitrogens is 4. The first kappa shape index (κ1) is 18.3. The van der Waals surface area contributed by atoms with Crippen molar-refractivity contribution in [3.05, 3.63) is 58.3 Å². The van der Waals surface area contributed by atoms with Gasteiger partial charge in [-0.15, -0.1) is 0 Å². The SMILES string of the molecule is Cc1cc(=O)[nH]c(NCCNC(=O)CCc2nc(-c3ccccc3)no2)n1. The molecule has 3 N–H and O–H groups in total. The van der Waals surface area contributed by atoms with Crippen LogP contribution in [0.1, 0.15) is 18.0 Å². The third kappa shape index (κ3) is 5.50. The van der Waals surface area contributed by atoms with Crippen molar-refractivity contribution < 1.29 is 9.32 Å². The van der Waals surface area contributed by atoms with Crippen LogP contribution in [0.15, 0.2) is 45.7 Å². The molecule has 140 valence electrons. The van der Waals surface area contributed by atoms with Crippen molar-refractivity contribution in [1.82, 2.24) is 25.4 Å². The van der Waals surface area contributed by atoms with Crippen LogP contribution >= 0.6 is 0 Å². The van der Waals surface area contributed by atoms with Gasteiger partial charge in [0.2, 0.25) is 23.6 Å². The zero-order valence-corrected chi connectivity index (χ0v) is 14.9. The summed E-state index contributed by atoms with van der Waals surface area (Å²) in [5, 5.41) is 9.66. The molecule has 3 rings (SSSR count). The summed E-state index contributed by atoms with van der Waals surface area (Å²) in [5.74, 6) is 1.19. The molecule has 3 aromatic rings. The Kier molecular flexibility index (Phi) is 5.93. The summed E-state index contributed by atoms with van der Waals surface area (Å²) < 4.78 is 5.18. The Balaban J connectivity index is 1.39. The largest absolute Gasteiger partial charge is 0.354 e. The number of hydrogen-bond acceptors (Lipinski definition) is 7. The Morgan fingerprint density at radius 3 is 2.78 bits per heavy atom. The summed E-state index contributed by atoms with van der Waals surface area (Å²) in [6.07, 6.45) is 0.613. The average Bonchev–Trinajstić information content (AvgIpc) is 3.13. The highest BCUT2D eigenvalue weighted by Crippen LogP contribution is 2.15. The fraction of sp³-hybridized carbons (Fsp3) is 0.278. The highest BCUT2D eigenvalue weighted by atomic mass is 16.5. The minimum absolute atomic E-state index is 0.123. The summed E-state index contributed by atoms with van der Waals surface area (Å²) in [4.78, 5) is 34.3. The molecule has 0 unspecified atom stereocenters. The van der Waals surface area contributed by atoms with E-state index in [9.17, 15) is 9.59 Å². The number of aryl methyl sites for hydroxylation is 2. The minimum Gasteiger partial charge on any atom is -0.354 e. The molecule has 0 atom stereocenters. The van der Waals surface area contributed by atoms with Gasteiger partial charge in [-0.05, 0) is 6.92 Å². The predicted molar refractivity (Wildman–Crippen MR) is 99.1 cm³/mol. The van der Waals surface area contributed by atoms with Gasteiger partial charge < -0.3 is 15.2 Å². The number of amides is 1. The molecule has 2 heterocycles. The van der Waals surface area contributed by atoms with Gasteiger partial charge in [-0.2, -0.15) is 4.98 Å². The van der Waals surface area contributed by atoms with Crippen LogP contribution in [0.2, 0.25) is 0 Å². The van der Waals surface area contributed by atoms with E-state index in [0.29, 0.717) is 42.9 Å². The van der Waals surface area contributed by atoms with Crippen LogP contribution in [0.4, 0.5) is 5.95 Å². The van der Waals surface area contributed by atoms with Crippen LogP contribution in [-0.2, 0) is 11.2 Å². The second-order valence-electron chi connectivity index (χ2n) is 5.89. The topological polar surface area (TPSA) is 126 Å². The van der Waals surface area contributed by atoms with Gasteiger partial charge in [0.1, 0.15) is 0 Å². The van der Waals surface area contributed by atoms with E-state index >= 15 is 0 Å². The maximum atomic E-state index is 11.9. The summed E-state index contributed by atoms with van der Waals surface area (Å²) >= 11 is 0. The van der Waals surface area contributed by atoms with Crippen molar-refractivity contribution in [1.29, 1.82) is 0 Å². The van der Waals surface area contributed by atoms with Gasteiger partial charge >= 0.3 is 0 Å². The predicted octanol–water partition coefficient (Wildman–Crippen LogP) is 1.29. The van der Waals surface area contributed by atoms with E-state index in [1.807, 2.05) is 30.3 Å². The number of nitrogens with one attached hydrogen (secondary N) is 3. The number of carbonyl (C=O) groups excluding carboxylic acids is 1. The summed E-state index contributed by atoms with van der Waals surface area (Å²) in [7, 11) is 0. The fourth-order valence-corrected chi connectivity index (χ4v) is 2.42. The van der Waals surface area contributed by atoms with Gasteiger partial charge in [0, 0.05) is 43.3 Å². The normalized spacial score (nSPS) is 10.6. The number of benzene rings is 1. The van der Waals surface area contributed by atoms with Crippen LogP contribution in [0, 0.1) is 6.92 Å². The highest BCUT2D eigenvalue weighted by molar-refractivity contribution is 5.76. The summed E-state index contributed by atoms with van der Waals surface area (Å²) in [6.45, 7) is 2.58. The molecule has 0 saturated carbocycles. The Labute approximate surface area is 155 Å². The first-order valence-electron chi connectivity index (χ1n) is 8.57. The standard InChI is InChI=1S/C18H20N6O3/c1-12-11-15(26)22-18(21-12)20-10-9-19-14(25)7-8-16-23-17(24-27-16)13-5-3-2-4-6-13/h2-6,11H,7-10H2,1H3,(H,19,25)(H2,20,21,22,26). The van der Waals surface area contributed by atoms with Crippen LogP contribution in [0.5, 0.6) is 0 Å². The molecule has 0 fully saturated rings. The molecule has 0 bridgehead atoms. The highest BCUT2D eigenvalue weighted by Gasteiger charge is 2.10. The first-order valence-corrected chi connectivity index (χ1v) is 8.57. The molecule has 0 radical (unpaired) electrons. The van der Waals surface area contributed by atoms with Crippen molar-refractivity contribution in [2.45, 2.75) is 19.8 Å². The molecule has 9 heteroatoms. The van der Waals surface area contributed by atoms with Gasteiger partial charge in [0.05, 0.1) is 0 Å². The van der Waals surface area contributed by atoms with E-state index < -0.39 is 0 Å². The Bertz CT molecular complexity index is 951. The first-order chi connectivity index (χ1) is 13.1. The molecule has 27 heavy (non-hydrogen) atoms. The van der Waals surface area contributed by atoms with E-state index in [0.717, 1.165) is 5.56 Å². The number of rotatable bonds is 8. The monoisotopic (exact) mass is 368 g/mol. The maximum Gasteiger partial charge on any atom is 0.252 e. The number of anilines is 1. The quantitative estimate of drug-likeness (QED) is 0.511. The number of aromatic amines is 1. The number of hydrogen-bond donors (Lipinski definition) is 3. The number of nitrogens with zero attached hydrogens (tertiary/aromatic N) is 3. The lowest BCUT2D eigenvalue weighted by molar-refractivity contribution is -0.121. The van der Waals surface area contributed by atoms with E-state index in [-0.39, 0.29) is 17.9 Å². The smallest absolute Gasteiger partial charge is 0.252 e. The Morgan fingerprint density at radius 1 is 1.19 bits per heavy atom. The summed E-state index contributed by atoms with van der Waals surface area (Å²) in [5.41, 5.74) is 1.27. The lowest BCUT2D eigenvalue weighted by atomic mass is 10.2. The minimum atomic E-state index is -0.219. The zero-order chi connectivity index (χ0) is 19.1. The van der Waals surface area contributed by atoms with Crippen LogP contribution in [0.3, 0.4) is 0 Å². The van der Waals surface area contributed by atoms with Crippen molar-refractivity contribution in [3.8, 4) is 11.4 Å².